The van der Waals surface area contributed by atoms with Crippen LogP contribution in [-0.4, -0.2) is 37.0 Å². The second-order valence-corrected chi connectivity index (χ2v) is 6.67. The zero-order chi connectivity index (χ0) is 16.7. The van der Waals surface area contributed by atoms with Crippen molar-refractivity contribution in [2.45, 2.75) is 33.4 Å². The number of aryl methyl sites for hydroxylation is 2. The van der Waals surface area contributed by atoms with Gasteiger partial charge in [-0.1, -0.05) is 61.0 Å². The Morgan fingerprint density at radius 1 is 0.783 bits per heavy atom. The van der Waals surface area contributed by atoms with Gasteiger partial charge in [0.25, 0.3) is 0 Å². The molecule has 0 saturated carbocycles. The molecular weight excluding hydrogens is 280 g/mol. The van der Waals surface area contributed by atoms with Crippen molar-refractivity contribution in [2.75, 3.05) is 27.2 Å². The van der Waals surface area contributed by atoms with Gasteiger partial charge in [0.05, 0.1) is 0 Å². The van der Waals surface area contributed by atoms with E-state index in [9.17, 15) is 0 Å². The van der Waals surface area contributed by atoms with E-state index in [-0.39, 0.29) is 0 Å². The first kappa shape index (κ1) is 17.7. The van der Waals surface area contributed by atoms with Crippen LogP contribution in [0.3, 0.4) is 0 Å². The lowest BCUT2D eigenvalue weighted by atomic mass is 10.1. The van der Waals surface area contributed by atoms with Crippen LogP contribution in [0.5, 0.6) is 0 Å². The van der Waals surface area contributed by atoms with Gasteiger partial charge in [0.1, 0.15) is 0 Å². The second-order valence-electron chi connectivity index (χ2n) is 6.67. The molecule has 2 heteroatoms. The van der Waals surface area contributed by atoms with E-state index < -0.39 is 0 Å². The van der Waals surface area contributed by atoms with Crippen molar-refractivity contribution in [3.63, 3.8) is 0 Å². The van der Waals surface area contributed by atoms with E-state index in [1.165, 1.54) is 22.3 Å². The summed E-state index contributed by atoms with van der Waals surface area (Å²) >= 11 is 0. The van der Waals surface area contributed by atoms with Crippen LogP contribution >= 0.6 is 0 Å². The zero-order valence-corrected chi connectivity index (χ0v) is 15.0. The minimum atomic E-state index is 1.00. The predicted octanol–water partition coefficient (Wildman–Crippen LogP) is 4.12. The fourth-order valence-corrected chi connectivity index (χ4v) is 2.71. The first-order valence-electron chi connectivity index (χ1n) is 8.57. The molecule has 2 nitrogen and oxygen atoms in total. The summed E-state index contributed by atoms with van der Waals surface area (Å²) in [6, 6.07) is 17.9. The number of benzene rings is 2. The molecule has 0 unspecified atom stereocenters. The quantitative estimate of drug-likeness (QED) is 0.723. The molecule has 0 atom stereocenters. The van der Waals surface area contributed by atoms with E-state index in [0.29, 0.717) is 0 Å². The van der Waals surface area contributed by atoms with Gasteiger partial charge in [-0.05, 0) is 44.1 Å². The largest absolute Gasteiger partial charge is 0.308 e. The van der Waals surface area contributed by atoms with E-state index in [2.05, 4.69) is 86.3 Å². The van der Waals surface area contributed by atoms with Crippen molar-refractivity contribution >= 4 is 0 Å². The molecular formula is C21H30N2. The Morgan fingerprint density at radius 3 is 2.09 bits per heavy atom. The molecule has 0 aliphatic carbocycles. The lowest BCUT2D eigenvalue weighted by Crippen LogP contribution is -2.31. The molecule has 0 aromatic heterocycles. The van der Waals surface area contributed by atoms with E-state index in [1.54, 1.807) is 0 Å². The fourth-order valence-electron chi connectivity index (χ4n) is 2.71. The topological polar surface area (TPSA) is 6.48 Å². The van der Waals surface area contributed by atoms with Crippen LogP contribution in [0, 0.1) is 6.92 Å². The number of likely N-dealkylation sites (N-methyl/N-ethyl adjacent to an activating group) is 1. The maximum Gasteiger partial charge on any atom is 0.0237 e. The monoisotopic (exact) mass is 310 g/mol. The van der Waals surface area contributed by atoms with Gasteiger partial charge in [-0.2, -0.15) is 0 Å². The second kappa shape index (κ2) is 8.85. The van der Waals surface area contributed by atoms with Crippen molar-refractivity contribution in [3.05, 3.63) is 70.8 Å². The molecule has 0 aliphatic heterocycles. The molecule has 0 amide bonds. The summed E-state index contributed by atoms with van der Waals surface area (Å²) in [5, 5.41) is 0. The molecule has 0 N–H and O–H groups in total. The fraction of sp³-hybridized carbons (Fsp3) is 0.429. The molecule has 2 aromatic rings. The minimum Gasteiger partial charge on any atom is -0.308 e. The van der Waals surface area contributed by atoms with Crippen molar-refractivity contribution in [1.82, 2.24) is 9.80 Å². The van der Waals surface area contributed by atoms with Crippen LogP contribution in [-0.2, 0) is 19.5 Å². The average molecular weight is 310 g/mol. The average Bonchev–Trinajstić information content (AvgIpc) is 2.55. The SMILES string of the molecule is CCc1cccc(CN(CCN(C)C)Cc2ccc(C)cc2)c1. The highest BCUT2D eigenvalue weighted by molar-refractivity contribution is 5.24. The van der Waals surface area contributed by atoms with Crippen LogP contribution in [0.25, 0.3) is 0 Å². The summed E-state index contributed by atoms with van der Waals surface area (Å²) in [4.78, 5) is 4.80. The van der Waals surface area contributed by atoms with E-state index in [1.807, 2.05) is 0 Å². The van der Waals surface area contributed by atoms with E-state index in [4.69, 9.17) is 0 Å². The van der Waals surface area contributed by atoms with E-state index >= 15 is 0 Å². The van der Waals surface area contributed by atoms with Crippen LogP contribution < -0.4 is 0 Å². The smallest absolute Gasteiger partial charge is 0.0237 e. The van der Waals surface area contributed by atoms with Crippen molar-refractivity contribution in [2.24, 2.45) is 0 Å². The normalized spacial score (nSPS) is 11.4. The summed E-state index contributed by atoms with van der Waals surface area (Å²) in [6.45, 7) is 8.54. The van der Waals surface area contributed by atoms with Gasteiger partial charge in [0.15, 0.2) is 0 Å². The van der Waals surface area contributed by atoms with Gasteiger partial charge >= 0.3 is 0 Å². The van der Waals surface area contributed by atoms with Gasteiger partial charge in [-0.3, -0.25) is 4.90 Å². The standard InChI is InChI=1S/C21H30N2/c1-5-19-7-6-8-21(15-19)17-23(14-13-22(3)4)16-20-11-9-18(2)10-12-20/h6-12,15H,5,13-14,16-17H2,1-4H3. The summed E-state index contributed by atoms with van der Waals surface area (Å²) < 4.78 is 0. The maximum absolute atomic E-state index is 2.54. The molecule has 2 rings (SSSR count). The molecule has 0 spiro atoms. The summed E-state index contributed by atoms with van der Waals surface area (Å²) in [7, 11) is 4.28. The van der Waals surface area contributed by atoms with Crippen LogP contribution in [0.2, 0.25) is 0 Å². The molecule has 124 valence electrons. The highest BCUT2D eigenvalue weighted by Gasteiger charge is 2.08. The Morgan fingerprint density at radius 2 is 1.43 bits per heavy atom. The van der Waals surface area contributed by atoms with Crippen molar-refractivity contribution in [1.29, 1.82) is 0 Å². The number of rotatable bonds is 8. The molecule has 23 heavy (non-hydrogen) atoms. The number of nitrogens with zero attached hydrogens (tertiary/aromatic N) is 2. The molecule has 0 radical (unpaired) electrons. The van der Waals surface area contributed by atoms with Crippen molar-refractivity contribution < 1.29 is 0 Å². The third kappa shape index (κ3) is 6.17. The first-order valence-corrected chi connectivity index (χ1v) is 8.57. The third-order valence-corrected chi connectivity index (χ3v) is 4.20. The molecule has 0 bridgehead atoms. The van der Waals surface area contributed by atoms with E-state index in [0.717, 1.165) is 32.6 Å². The molecule has 2 aromatic carbocycles. The van der Waals surface area contributed by atoms with Gasteiger partial charge in [0, 0.05) is 26.2 Å². The highest BCUT2D eigenvalue weighted by Crippen LogP contribution is 2.13. The van der Waals surface area contributed by atoms with Gasteiger partial charge in [-0.25, -0.2) is 0 Å². The van der Waals surface area contributed by atoms with Gasteiger partial charge in [0.2, 0.25) is 0 Å². The minimum absolute atomic E-state index is 1.00. The summed E-state index contributed by atoms with van der Waals surface area (Å²) in [6.07, 6.45) is 1.10. The predicted molar refractivity (Wildman–Crippen MR) is 99.7 cm³/mol. The highest BCUT2D eigenvalue weighted by atomic mass is 15.2. The first-order chi connectivity index (χ1) is 11.1. The molecule has 0 fully saturated rings. The lowest BCUT2D eigenvalue weighted by molar-refractivity contribution is 0.226. The summed E-state index contributed by atoms with van der Waals surface area (Å²) in [5.41, 5.74) is 5.55. The Bertz CT molecular complexity index is 587. The zero-order valence-electron chi connectivity index (χ0n) is 15.0. The Labute approximate surface area is 141 Å². The number of hydrogen-bond acceptors (Lipinski definition) is 2. The molecule has 0 heterocycles. The molecule has 0 aliphatic rings. The maximum atomic E-state index is 2.54. The van der Waals surface area contributed by atoms with Crippen LogP contribution in [0.1, 0.15) is 29.2 Å². The van der Waals surface area contributed by atoms with Crippen LogP contribution in [0.15, 0.2) is 48.5 Å². The van der Waals surface area contributed by atoms with Crippen LogP contribution in [0.4, 0.5) is 0 Å². The van der Waals surface area contributed by atoms with Gasteiger partial charge < -0.3 is 4.90 Å². The summed E-state index contributed by atoms with van der Waals surface area (Å²) in [5.74, 6) is 0. The lowest BCUT2D eigenvalue weighted by Gasteiger charge is -2.24. The van der Waals surface area contributed by atoms with Gasteiger partial charge in [-0.15, -0.1) is 0 Å². The Hall–Kier alpha value is -1.64. The van der Waals surface area contributed by atoms with Crippen molar-refractivity contribution in [3.8, 4) is 0 Å². The number of hydrogen-bond donors (Lipinski definition) is 0. The third-order valence-electron chi connectivity index (χ3n) is 4.20. The molecule has 0 saturated heterocycles. The Kier molecular flexibility index (Phi) is 6.82. The Balaban J connectivity index is 2.07.